The number of benzene rings is 8. The van der Waals surface area contributed by atoms with Crippen molar-refractivity contribution in [3.63, 3.8) is 0 Å². The zero-order chi connectivity index (χ0) is 38.4. The van der Waals surface area contributed by atoms with Crippen LogP contribution >= 0.6 is 11.3 Å². The molecule has 0 bridgehead atoms. The normalized spacial score (nSPS) is 12.8. The number of hydrogen-bond donors (Lipinski definition) is 0. The second-order valence-electron chi connectivity index (χ2n) is 15.0. The van der Waals surface area contributed by atoms with Crippen LogP contribution in [0.15, 0.2) is 206 Å². The van der Waals surface area contributed by atoms with Crippen LogP contribution in [0.4, 0.5) is 11.4 Å². The third-order valence-corrected chi connectivity index (χ3v) is 12.7. The van der Waals surface area contributed by atoms with Crippen LogP contribution in [0.2, 0.25) is 0 Å². The fourth-order valence-corrected chi connectivity index (χ4v) is 9.83. The average Bonchev–Trinajstić information content (AvgIpc) is 3.67. The number of anilines is 2. The summed E-state index contributed by atoms with van der Waals surface area (Å²) in [5.74, 6) is 0. The number of allylic oxidation sites excluding steroid dienone is 4. The Hall–Kier alpha value is -7.18. The van der Waals surface area contributed by atoms with Gasteiger partial charge in [-0.2, -0.15) is 0 Å². The zero-order valence-corrected chi connectivity index (χ0v) is 32.6. The summed E-state index contributed by atoms with van der Waals surface area (Å²) in [6, 6.07) is 75.5. The van der Waals surface area contributed by atoms with E-state index in [-0.39, 0.29) is 0 Å². The lowest BCUT2D eigenvalue weighted by molar-refractivity contribution is 0.931. The molecule has 0 spiro atoms. The molecule has 1 heterocycles. The van der Waals surface area contributed by atoms with Crippen LogP contribution in [0.3, 0.4) is 0 Å². The largest absolute Gasteiger partial charge is 0.314 e. The molecule has 58 heavy (non-hydrogen) atoms. The fourth-order valence-electron chi connectivity index (χ4n) is 8.80. The summed E-state index contributed by atoms with van der Waals surface area (Å²) in [6.07, 6.45) is 6.53. The molecule has 0 atom stereocenters. The summed E-state index contributed by atoms with van der Waals surface area (Å²) in [7, 11) is 0. The van der Waals surface area contributed by atoms with Gasteiger partial charge in [-0.25, -0.2) is 0 Å². The van der Waals surface area contributed by atoms with Crippen molar-refractivity contribution in [2.24, 2.45) is 0 Å². The van der Waals surface area contributed by atoms with Crippen LogP contribution < -0.4 is 4.90 Å². The van der Waals surface area contributed by atoms with E-state index in [0.29, 0.717) is 0 Å². The van der Waals surface area contributed by atoms with Crippen LogP contribution in [-0.2, 0) is 0 Å². The number of hydrogen-bond acceptors (Lipinski definition) is 2. The summed E-state index contributed by atoms with van der Waals surface area (Å²) < 4.78 is 2.42. The van der Waals surface area contributed by atoms with Crippen molar-refractivity contribution in [3.8, 4) is 33.4 Å². The Morgan fingerprint density at radius 2 is 1.07 bits per heavy atom. The topological polar surface area (TPSA) is 3.24 Å². The molecule has 1 aromatic heterocycles. The van der Waals surface area contributed by atoms with Gasteiger partial charge in [0.2, 0.25) is 0 Å². The van der Waals surface area contributed by atoms with Gasteiger partial charge in [-0.1, -0.05) is 164 Å². The first-order valence-electron chi connectivity index (χ1n) is 20.0. The van der Waals surface area contributed by atoms with Gasteiger partial charge >= 0.3 is 0 Å². The average molecular weight is 756 g/mol. The van der Waals surface area contributed by atoms with Gasteiger partial charge in [0.05, 0.1) is 10.4 Å². The van der Waals surface area contributed by atoms with Crippen molar-refractivity contribution < 1.29 is 0 Å². The van der Waals surface area contributed by atoms with Crippen molar-refractivity contribution >= 4 is 70.0 Å². The van der Waals surface area contributed by atoms with Crippen LogP contribution in [0.1, 0.15) is 18.4 Å². The molecule has 1 aliphatic carbocycles. The Kier molecular flexibility index (Phi) is 8.46. The maximum atomic E-state index is 3.57. The van der Waals surface area contributed by atoms with Crippen LogP contribution in [-0.4, -0.2) is 0 Å². The van der Waals surface area contributed by atoms with Gasteiger partial charge in [0, 0.05) is 38.0 Å². The molecule has 0 amide bonds. The molecule has 0 saturated heterocycles. The van der Waals surface area contributed by atoms with Crippen molar-refractivity contribution in [3.05, 3.63) is 224 Å². The molecule has 0 radical (unpaired) electrons. The van der Waals surface area contributed by atoms with Gasteiger partial charge < -0.3 is 4.90 Å². The summed E-state index contributed by atoms with van der Waals surface area (Å²) in [6.45, 7) is 0. The van der Waals surface area contributed by atoms with E-state index in [4.69, 9.17) is 0 Å². The highest BCUT2D eigenvalue weighted by Crippen LogP contribution is 2.43. The third kappa shape index (κ3) is 6.05. The highest BCUT2D eigenvalue weighted by molar-refractivity contribution is 7.25. The fraction of sp³-hybridized carbons (Fsp3) is 0.0357. The van der Waals surface area contributed by atoms with Gasteiger partial charge in [-0.3, -0.25) is 0 Å². The van der Waals surface area contributed by atoms with Crippen molar-refractivity contribution in [2.45, 2.75) is 12.8 Å². The molecule has 11 rings (SSSR count). The number of fused-ring (bicyclic) bond motifs is 5. The second-order valence-corrected chi connectivity index (χ2v) is 16.1. The standard InChI is InChI=1S/C56H37NS/c1-3-18-47-39(12-1)14-10-22-49(47)41-28-33-46(34-29-41)57(54-24-7-5-20-51(54)44-30-35-56-53(37-44)52-21-6-8-25-55(52)58-56)45-31-26-38(27-32-45)42-16-9-17-43(36-42)50-23-11-15-40-13-2-4-19-48(40)50/h1-28,31-33,36-37H,29,34H2. The first-order valence-corrected chi connectivity index (χ1v) is 20.8. The molecule has 0 saturated carbocycles. The maximum Gasteiger partial charge on any atom is 0.0857 e. The summed E-state index contributed by atoms with van der Waals surface area (Å²) >= 11 is 1.78. The van der Waals surface area contributed by atoms with E-state index < -0.39 is 0 Å². The van der Waals surface area contributed by atoms with Crippen molar-refractivity contribution in [2.75, 3.05) is 4.90 Å². The molecule has 272 valence electrons. The van der Waals surface area contributed by atoms with E-state index in [1.165, 1.54) is 76.1 Å². The molecule has 0 N–H and O–H groups in total. The van der Waals surface area contributed by atoms with Gasteiger partial charge in [-0.15, -0.1) is 11.3 Å². The molecule has 0 unspecified atom stereocenters. The third-order valence-electron chi connectivity index (χ3n) is 11.6. The van der Waals surface area contributed by atoms with Crippen LogP contribution in [0, 0.1) is 12.1 Å². The molecule has 0 fully saturated rings. The minimum atomic E-state index is 0.905. The lowest BCUT2D eigenvalue weighted by Crippen LogP contribution is -2.18. The van der Waals surface area contributed by atoms with Gasteiger partial charge in [0.25, 0.3) is 0 Å². The van der Waals surface area contributed by atoms with E-state index in [0.717, 1.165) is 40.0 Å². The molecular formula is C56H37NS. The maximum absolute atomic E-state index is 3.57. The SMILES string of the molecule is c1c(-c2ccccc2N(C2=CC=C(c3cccc4ccccc34)CC2)c2ccc(-c3cccc(-c4cccc5ccccc45)c3)cc2)cc2c(c#1)sc1ccccc12. The summed E-state index contributed by atoms with van der Waals surface area (Å²) in [5.41, 5.74) is 13.2. The van der Waals surface area contributed by atoms with E-state index in [1.54, 1.807) is 11.3 Å². The molecule has 1 aliphatic rings. The highest BCUT2D eigenvalue weighted by Gasteiger charge is 2.22. The Morgan fingerprint density at radius 1 is 0.431 bits per heavy atom. The predicted octanol–water partition coefficient (Wildman–Crippen LogP) is 15.9. The number of thiophene rings is 1. The molecule has 9 aromatic carbocycles. The van der Waals surface area contributed by atoms with E-state index >= 15 is 0 Å². The molecule has 10 aromatic rings. The van der Waals surface area contributed by atoms with Gasteiger partial charge in [-0.05, 0) is 116 Å². The second kappa shape index (κ2) is 14.4. The lowest BCUT2D eigenvalue weighted by atomic mass is 9.91. The van der Waals surface area contributed by atoms with E-state index in [2.05, 4.69) is 217 Å². The smallest absolute Gasteiger partial charge is 0.0857 e. The lowest BCUT2D eigenvalue weighted by Gasteiger charge is -2.31. The Balaban J connectivity index is 1.02. The van der Waals surface area contributed by atoms with Crippen LogP contribution in [0.5, 0.6) is 0 Å². The highest BCUT2D eigenvalue weighted by atomic mass is 32.1. The number of nitrogens with zero attached hydrogens (tertiary/aromatic N) is 1. The Bertz CT molecular complexity index is 3220. The van der Waals surface area contributed by atoms with E-state index in [9.17, 15) is 0 Å². The van der Waals surface area contributed by atoms with Gasteiger partial charge in [0.15, 0.2) is 0 Å². The Labute approximate surface area is 343 Å². The van der Waals surface area contributed by atoms with Crippen molar-refractivity contribution in [1.29, 1.82) is 0 Å². The minimum Gasteiger partial charge on any atom is -0.314 e. The molecule has 0 aliphatic heterocycles. The summed E-state index contributed by atoms with van der Waals surface area (Å²) in [5, 5.41) is 7.60. The number of rotatable bonds is 7. The van der Waals surface area contributed by atoms with Crippen LogP contribution in [0.25, 0.3) is 80.7 Å². The quantitative estimate of drug-likeness (QED) is 0.157. The molecular weight excluding hydrogens is 719 g/mol. The zero-order valence-electron chi connectivity index (χ0n) is 31.8. The van der Waals surface area contributed by atoms with Gasteiger partial charge in [0.1, 0.15) is 0 Å². The first-order chi connectivity index (χ1) is 28.7. The predicted molar refractivity (Wildman–Crippen MR) is 249 cm³/mol. The minimum absolute atomic E-state index is 0.905. The molecule has 2 heteroatoms. The molecule has 1 nitrogen and oxygen atoms in total. The van der Waals surface area contributed by atoms with Crippen molar-refractivity contribution in [1.82, 2.24) is 0 Å². The monoisotopic (exact) mass is 755 g/mol. The number of para-hydroxylation sites is 1. The first kappa shape index (κ1) is 34.1. The summed E-state index contributed by atoms with van der Waals surface area (Å²) in [4.78, 5) is 2.46. The van der Waals surface area contributed by atoms with E-state index in [1.807, 2.05) is 0 Å². The Morgan fingerprint density at radius 3 is 1.86 bits per heavy atom.